The van der Waals surface area contributed by atoms with E-state index in [2.05, 4.69) is 15.5 Å². The van der Waals surface area contributed by atoms with Gasteiger partial charge >= 0.3 is 0 Å². The highest BCUT2D eigenvalue weighted by molar-refractivity contribution is 5.95. The number of nitrogens with zero attached hydrogens (tertiary/aromatic N) is 3. The van der Waals surface area contributed by atoms with Gasteiger partial charge in [0, 0.05) is 24.2 Å². The molecule has 1 aliphatic rings. The maximum absolute atomic E-state index is 12.9. The SMILES string of the molecule is CCNC(=O)c1cccc(-c2noc(C3CCCCN3C(=O)COc3ccccc3)n2)c1. The third-order valence-electron chi connectivity index (χ3n) is 5.38. The van der Waals surface area contributed by atoms with Crippen LogP contribution in [0.2, 0.25) is 0 Å². The fourth-order valence-corrected chi connectivity index (χ4v) is 3.78. The van der Waals surface area contributed by atoms with Crippen molar-refractivity contribution in [2.24, 2.45) is 0 Å². The highest BCUT2D eigenvalue weighted by Gasteiger charge is 2.32. The summed E-state index contributed by atoms with van der Waals surface area (Å²) in [6.45, 7) is 2.99. The van der Waals surface area contributed by atoms with Gasteiger partial charge in [0.1, 0.15) is 11.8 Å². The van der Waals surface area contributed by atoms with Gasteiger partial charge < -0.3 is 19.5 Å². The van der Waals surface area contributed by atoms with Crippen LogP contribution in [-0.2, 0) is 4.79 Å². The van der Waals surface area contributed by atoms with E-state index < -0.39 is 0 Å². The lowest BCUT2D eigenvalue weighted by Crippen LogP contribution is -2.41. The van der Waals surface area contributed by atoms with Gasteiger partial charge in [-0.1, -0.05) is 35.5 Å². The molecule has 166 valence electrons. The fraction of sp³-hybridized carbons (Fsp3) is 0.333. The maximum Gasteiger partial charge on any atom is 0.261 e. The standard InChI is InChI=1S/C24H26N4O4/c1-2-25-23(30)18-10-8-9-17(15-18)22-26-24(32-27-22)20-13-6-7-14-28(20)21(29)16-31-19-11-4-3-5-12-19/h3-5,8-12,15,20H,2,6-7,13-14,16H2,1H3,(H,25,30). The normalized spacial score (nSPS) is 15.9. The first-order valence-corrected chi connectivity index (χ1v) is 10.8. The van der Waals surface area contributed by atoms with Crippen molar-refractivity contribution < 1.29 is 18.8 Å². The van der Waals surface area contributed by atoms with Gasteiger partial charge in [-0.25, -0.2) is 0 Å². The first kappa shape index (κ1) is 21.5. The van der Waals surface area contributed by atoms with Crippen LogP contribution in [0.15, 0.2) is 59.1 Å². The Bertz CT molecular complexity index is 1070. The van der Waals surface area contributed by atoms with Crippen LogP contribution in [0.4, 0.5) is 0 Å². The molecular weight excluding hydrogens is 408 g/mol. The van der Waals surface area contributed by atoms with Crippen molar-refractivity contribution in [2.45, 2.75) is 32.2 Å². The van der Waals surface area contributed by atoms with Crippen LogP contribution in [-0.4, -0.2) is 46.6 Å². The van der Waals surface area contributed by atoms with Crippen LogP contribution in [0.5, 0.6) is 5.75 Å². The Morgan fingerprint density at radius 3 is 2.81 bits per heavy atom. The van der Waals surface area contributed by atoms with Crippen LogP contribution in [0.1, 0.15) is 48.5 Å². The molecular formula is C24H26N4O4. The Morgan fingerprint density at radius 1 is 1.16 bits per heavy atom. The average Bonchev–Trinajstić information content (AvgIpc) is 3.34. The fourth-order valence-electron chi connectivity index (χ4n) is 3.78. The number of nitrogens with one attached hydrogen (secondary N) is 1. The molecule has 4 rings (SSSR count). The maximum atomic E-state index is 12.9. The Hall–Kier alpha value is -3.68. The van der Waals surface area contributed by atoms with Gasteiger partial charge in [-0.2, -0.15) is 4.98 Å². The van der Waals surface area contributed by atoms with E-state index in [1.165, 1.54) is 0 Å². The molecule has 0 aliphatic carbocycles. The number of amides is 2. The lowest BCUT2D eigenvalue weighted by atomic mass is 10.0. The number of hydrogen-bond acceptors (Lipinski definition) is 6. The van der Waals surface area contributed by atoms with Crippen LogP contribution in [0, 0.1) is 0 Å². The lowest BCUT2D eigenvalue weighted by molar-refractivity contribution is -0.138. The molecule has 2 aromatic carbocycles. The van der Waals surface area contributed by atoms with Gasteiger partial charge in [-0.3, -0.25) is 9.59 Å². The minimum Gasteiger partial charge on any atom is -0.484 e. The average molecular weight is 434 g/mol. The van der Waals surface area contributed by atoms with Gasteiger partial charge in [0.2, 0.25) is 11.7 Å². The molecule has 1 saturated heterocycles. The smallest absolute Gasteiger partial charge is 0.261 e. The molecule has 3 aromatic rings. The van der Waals surface area contributed by atoms with E-state index >= 15 is 0 Å². The van der Waals surface area contributed by atoms with E-state index in [1.807, 2.05) is 43.3 Å². The van der Waals surface area contributed by atoms with Crippen molar-refractivity contribution in [2.75, 3.05) is 19.7 Å². The van der Waals surface area contributed by atoms with Crippen LogP contribution in [0.3, 0.4) is 0 Å². The van der Waals surface area contributed by atoms with E-state index in [0.29, 0.717) is 41.7 Å². The summed E-state index contributed by atoms with van der Waals surface area (Å²) < 4.78 is 11.2. The largest absolute Gasteiger partial charge is 0.484 e. The zero-order valence-corrected chi connectivity index (χ0v) is 18.0. The Labute approximate surface area is 186 Å². The summed E-state index contributed by atoms with van der Waals surface area (Å²) in [6, 6.07) is 16.1. The summed E-state index contributed by atoms with van der Waals surface area (Å²) in [5.74, 6) is 1.18. The van der Waals surface area contributed by atoms with Gasteiger partial charge in [0.15, 0.2) is 6.61 Å². The number of benzene rings is 2. The first-order valence-electron chi connectivity index (χ1n) is 10.8. The van der Waals surface area contributed by atoms with Gasteiger partial charge in [0.05, 0.1) is 0 Å². The summed E-state index contributed by atoms with van der Waals surface area (Å²) in [7, 11) is 0. The van der Waals surface area contributed by atoms with Gasteiger partial charge in [0.25, 0.3) is 11.8 Å². The number of rotatable bonds is 7. The van der Waals surface area contributed by atoms with Crippen molar-refractivity contribution in [3.05, 3.63) is 66.1 Å². The highest BCUT2D eigenvalue weighted by Crippen LogP contribution is 2.31. The zero-order valence-electron chi connectivity index (χ0n) is 18.0. The third-order valence-corrected chi connectivity index (χ3v) is 5.38. The molecule has 8 heteroatoms. The third kappa shape index (κ3) is 4.96. The van der Waals surface area contributed by atoms with E-state index in [0.717, 1.165) is 19.3 Å². The second-order valence-corrected chi connectivity index (χ2v) is 7.60. The Kier molecular flexibility index (Phi) is 6.79. The van der Waals surface area contributed by atoms with Gasteiger partial charge in [-0.05, 0) is 50.5 Å². The first-order chi connectivity index (χ1) is 15.7. The Morgan fingerprint density at radius 2 is 2.00 bits per heavy atom. The van der Waals surface area contributed by atoms with Crippen LogP contribution >= 0.6 is 0 Å². The van der Waals surface area contributed by atoms with E-state index in [9.17, 15) is 9.59 Å². The van der Waals surface area contributed by atoms with E-state index in [4.69, 9.17) is 9.26 Å². The minimum atomic E-state index is -0.288. The topological polar surface area (TPSA) is 97.6 Å². The molecule has 0 radical (unpaired) electrons. The van der Waals surface area contributed by atoms with E-state index in [1.54, 1.807) is 23.1 Å². The van der Waals surface area contributed by atoms with Crippen molar-refractivity contribution in [1.29, 1.82) is 0 Å². The molecule has 1 aromatic heterocycles. The molecule has 1 unspecified atom stereocenters. The summed E-state index contributed by atoms with van der Waals surface area (Å²) in [5.41, 5.74) is 1.22. The number of ether oxygens (including phenoxy) is 1. The van der Waals surface area contributed by atoms with Crippen molar-refractivity contribution in [1.82, 2.24) is 20.4 Å². The van der Waals surface area contributed by atoms with E-state index in [-0.39, 0.29) is 24.5 Å². The molecule has 0 spiro atoms. The minimum absolute atomic E-state index is 0.0455. The predicted molar refractivity (Wildman–Crippen MR) is 118 cm³/mol. The number of aromatic nitrogens is 2. The van der Waals surface area contributed by atoms with Crippen molar-refractivity contribution in [3.8, 4) is 17.1 Å². The second-order valence-electron chi connectivity index (χ2n) is 7.60. The Balaban J connectivity index is 1.48. The summed E-state index contributed by atoms with van der Waals surface area (Å²) in [4.78, 5) is 31.3. The molecule has 1 atom stereocenters. The molecule has 1 aliphatic heterocycles. The number of piperidine rings is 1. The number of hydrogen-bond donors (Lipinski definition) is 1. The molecule has 2 heterocycles. The second kappa shape index (κ2) is 10.1. The van der Waals surface area contributed by atoms with Crippen LogP contribution in [0.25, 0.3) is 11.4 Å². The van der Waals surface area contributed by atoms with Crippen molar-refractivity contribution in [3.63, 3.8) is 0 Å². The quantitative estimate of drug-likeness (QED) is 0.610. The summed E-state index contributed by atoms with van der Waals surface area (Å²) in [5, 5.41) is 6.89. The molecule has 8 nitrogen and oxygen atoms in total. The highest BCUT2D eigenvalue weighted by atomic mass is 16.5. The van der Waals surface area contributed by atoms with Crippen LogP contribution < -0.4 is 10.1 Å². The number of para-hydroxylation sites is 1. The summed E-state index contributed by atoms with van der Waals surface area (Å²) in [6.07, 6.45) is 2.64. The number of carbonyl (C=O) groups is 2. The molecule has 2 amide bonds. The molecule has 0 saturated carbocycles. The predicted octanol–water partition coefficient (Wildman–Crippen LogP) is 3.62. The monoisotopic (exact) mass is 434 g/mol. The molecule has 1 N–H and O–H groups in total. The number of carbonyl (C=O) groups excluding carboxylic acids is 2. The van der Waals surface area contributed by atoms with Gasteiger partial charge in [-0.15, -0.1) is 0 Å². The van der Waals surface area contributed by atoms with Crippen molar-refractivity contribution >= 4 is 11.8 Å². The lowest BCUT2D eigenvalue weighted by Gasteiger charge is -2.33. The molecule has 0 bridgehead atoms. The molecule has 1 fully saturated rings. The zero-order chi connectivity index (χ0) is 22.3. The summed E-state index contributed by atoms with van der Waals surface area (Å²) >= 11 is 0. The number of likely N-dealkylation sites (tertiary alicyclic amines) is 1. The molecule has 32 heavy (non-hydrogen) atoms.